The van der Waals surface area contributed by atoms with E-state index in [9.17, 15) is 4.79 Å². The number of aliphatic hydroxyl groups excluding tert-OH is 3. The SMILES string of the molecule is CC1=C(O)C(=O)C(O)C(O)C1. The highest BCUT2D eigenvalue weighted by molar-refractivity contribution is 5.98. The highest BCUT2D eigenvalue weighted by Crippen LogP contribution is 2.20. The Bertz CT molecular complexity index is 218. The zero-order valence-corrected chi connectivity index (χ0v) is 6.11. The minimum Gasteiger partial charge on any atom is -0.504 e. The van der Waals surface area contributed by atoms with Crippen LogP contribution in [0.4, 0.5) is 0 Å². The van der Waals surface area contributed by atoms with E-state index in [-0.39, 0.29) is 6.42 Å². The minimum absolute atomic E-state index is 0.152. The van der Waals surface area contributed by atoms with Crippen LogP contribution in [0.1, 0.15) is 13.3 Å². The van der Waals surface area contributed by atoms with Gasteiger partial charge in [-0.2, -0.15) is 0 Å². The monoisotopic (exact) mass is 158 g/mol. The molecule has 1 aliphatic rings. The van der Waals surface area contributed by atoms with E-state index in [1.807, 2.05) is 0 Å². The lowest BCUT2D eigenvalue weighted by Crippen LogP contribution is -2.39. The van der Waals surface area contributed by atoms with Crippen LogP contribution in [0.15, 0.2) is 11.3 Å². The van der Waals surface area contributed by atoms with E-state index in [0.717, 1.165) is 0 Å². The number of aliphatic hydroxyl groups is 3. The van der Waals surface area contributed by atoms with Gasteiger partial charge in [0.05, 0.1) is 6.10 Å². The van der Waals surface area contributed by atoms with Gasteiger partial charge in [-0.25, -0.2) is 0 Å². The number of hydrogen-bond donors (Lipinski definition) is 3. The maximum Gasteiger partial charge on any atom is 0.228 e. The number of Topliss-reactive ketones (excluding diaryl/α,β-unsaturated/α-hetero) is 1. The van der Waals surface area contributed by atoms with Gasteiger partial charge in [0.2, 0.25) is 5.78 Å². The normalized spacial score (nSPS) is 32.8. The Labute approximate surface area is 63.8 Å². The van der Waals surface area contributed by atoms with Crippen molar-refractivity contribution in [3.05, 3.63) is 11.3 Å². The fourth-order valence-electron chi connectivity index (χ4n) is 1.05. The van der Waals surface area contributed by atoms with Crippen molar-refractivity contribution in [1.29, 1.82) is 0 Å². The summed E-state index contributed by atoms with van der Waals surface area (Å²) in [5.74, 6) is -1.20. The molecule has 0 saturated carbocycles. The molecule has 0 radical (unpaired) electrons. The summed E-state index contributed by atoms with van der Waals surface area (Å²) in [4.78, 5) is 10.8. The van der Waals surface area contributed by atoms with Crippen molar-refractivity contribution in [2.24, 2.45) is 0 Å². The van der Waals surface area contributed by atoms with Crippen molar-refractivity contribution in [3.63, 3.8) is 0 Å². The molecular formula is C7H10O4. The molecule has 0 spiro atoms. The van der Waals surface area contributed by atoms with E-state index >= 15 is 0 Å². The zero-order chi connectivity index (χ0) is 8.59. The van der Waals surface area contributed by atoms with Gasteiger partial charge in [0.15, 0.2) is 5.76 Å². The van der Waals surface area contributed by atoms with Crippen LogP contribution in [-0.4, -0.2) is 33.3 Å². The van der Waals surface area contributed by atoms with E-state index in [1.165, 1.54) is 0 Å². The van der Waals surface area contributed by atoms with Gasteiger partial charge in [0.1, 0.15) is 6.10 Å². The number of carbonyl (C=O) groups excluding carboxylic acids is 1. The van der Waals surface area contributed by atoms with E-state index in [2.05, 4.69) is 0 Å². The van der Waals surface area contributed by atoms with Gasteiger partial charge in [-0.1, -0.05) is 0 Å². The number of carbonyl (C=O) groups is 1. The number of ketones is 1. The van der Waals surface area contributed by atoms with Crippen molar-refractivity contribution in [2.45, 2.75) is 25.6 Å². The average molecular weight is 158 g/mol. The lowest BCUT2D eigenvalue weighted by atomic mass is 9.93. The number of hydrogen-bond acceptors (Lipinski definition) is 4. The summed E-state index contributed by atoms with van der Waals surface area (Å²) < 4.78 is 0. The van der Waals surface area contributed by atoms with Gasteiger partial charge in [-0.05, 0) is 12.5 Å². The molecule has 2 atom stereocenters. The van der Waals surface area contributed by atoms with E-state index in [4.69, 9.17) is 15.3 Å². The van der Waals surface area contributed by atoms with Crippen LogP contribution in [0, 0.1) is 0 Å². The van der Waals surface area contributed by atoms with Gasteiger partial charge >= 0.3 is 0 Å². The number of rotatable bonds is 0. The highest BCUT2D eigenvalue weighted by Gasteiger charge is 2.33. The molecular weight excluding hydrogens is 148 g/mol. The molecule has 0 heterocycles. The molecule has 0 aromatic rings. The fourth-order valence-corrected chi connectivity index (χ4v) is 1.05. The summed E-state index contributed by atoms with van der Waals surface area (Å²) in [5, 5.41) is 27.0. The van der Waals surface area contributed by atoms with Gasteiger partial charge in [-0.15, -0.1) is 0 Å². The van der Waals surface area contributed by atoms with Gasteiger partial charge in [-0.3, -0.25) is 4.79 Å². The summed E-state index contributed by atoms with van der Waals surface area (Å²) in [6.07, 6.45) is -2.38. The Morgan fingerprint density at radius 2 is 2.00 bits per heavy atom. The first-order chi connectivity index (χ1) is 5.04. The molecule has 0 aliphatic heterocycles. The fraction of sp³-hybridized carbons (Fsp3) is 0.571. The first-order valence-corrected chi connectivity index (χ1v) is 3.33. The van der Waals surface area contributed by atoms with Gasteiger partial charge in [0, 0.05) is 6.42 Å². The molecule has 1 rings (SSSR count). The Kier molecular flexibility index (Phi) is 1.97. The predicted molar refractivity (Wildman–Crippen MR) is 37.0 cm³/mol. The molecule has 4 nitrogen and oxygen atoms in total. The highest BCUT2D eigenvalue weighted by atomic mass is 16.3. The van der Waals surface area contributed by atoms with Crippen LogP contribution in [0.5, 0.6) is 0 Å². The quantitative estimate of drug-likeness (QED) is 0.444. The summed E-state index contributed by atoms with van der Waals surface area (Å²) in [6.45, 7) is 1.54. The summed E-state index contributed by atoms with van der Waals surface area (Å²) in [7, 11) is 0. The molecule has 0 amide bonds. The van der Waals surface area contributed by atoms with Crippen LogP contribution >= 0.6 is 0 Å². The molecule has 62 valence electrons. The second-order valence-corrected chi connectivity index (χ2v) is 2.71. The second-order valence-electron chi connectivity index (χ2n) is 2.71. The maximum atomic E-state index is 10.8. The molecule has 0 aromatic carbocycles. The summed E-state index contributed by atoms with van der Waals surface area (Å²) >= 11 is 0. The third kappa shape index (κ3) is 1.27. The second kappa shape index (κ2) is 2.64. The van der Waals surface area contributed by atoms with E-state index in [0.29, 0.717) is 5.57 Å². The van der Waals surface area contributed by atoms with E-state index < -0.39 is 23.8 Å². The first kappa shape index (κ1) is 8.23. The Hall–Kier alpha value is -0.870. The van der Waals surface area contributed by atoms with Gasteiger partial charge in [0.25, 0.3) is 0 Å². The molecule has 11 heavy (non-hydrogen) atoms. The Balaban J connectivity index is 2.95. The lowest BCUT2D eigenvalue weighted by Gasteiger charge is -2.22. The Morgan fingerprint density at radius 1 is 1.45 bits per heavy atom. The minimum atomic E-state index is -1.46. The van der Waals surface area contributed by atoms with Crippen molar-refractivity contribution in [2.75, 3.05) is 0 Å². The third-order valence-corrected chi connectivity index (χ3v) is 1.79. The zero-order valence-electron chi connectivity index (χ0n) is 6.11. The predicted octanol–water partition coefficient (Wildman–Crippen LogP) is -0.487. The average Bonchev–Trinajstić information content (AvgIpc) is 1.97. The largest absolute Gasteiger partial charge is 0.504 e. The molecule has 2 unspecified atom stereocenters. The lowest BCUT2D eigenvalue weighted by molar-refractivity contribution is -0.133. The molecule has 0 fully saturated rings. The van der Waals surface area contributed by atoms with Crippen LogP contribution < -0.4 is 0 Å². The molecule has 1 aliphatic carbocycles. The third-order valence-electron chi connectivity index (χ3n) is 1.79. The van der Waals surface area contributed by atoms with Crippen molar-refractivity contribution in [1.82, 2.24) is 0 Å². The molecule has 3 N–H and O–H groups in total. The van der Waals surface area contributed by atoms with Crippen molar-refractivity contribution >= 4 is 5.78 Å². The van der Waals surface area contributed by atoms with Crippen LogP contribution in [0.25, 0.3) is 0 Å². The topological polar surface area (TPSA) is 77.8 Å². The molecule has 0 bridgehead atoms. The standard InChI is InChI=1S/C7H10O4/c1-3-2-4(8)6(10)7(11)5(3)9/h4,6,8-10H,2H2,1H3. The Morgan fingerprint density at radius 3 is 2.55 bits per heavy atom. The van der Waals surface area contributed by atoms with Crippen LogP contribution in [0.3, 0.4) is 0 Å². The van der Waals surface area contributed by atoms with E-state index in [1.54, 1.807) is 6.92 Å². The van der Waals surface area contributed by atoms with Gasteiger partial charge < -0.3 is 15.3 Å². The van der Waals surface area contributed by atoms with Crippen LogP contribution in [0.2, 0.25) is 0 Å². The maximum absolute atomic E-state index is 10.8. The smallest absolute Gasteiger partial charge is 0.228 e. The molecule has 4 heteroatoms. The molecule has 0 saturated heterocycles. The van der Waals surface area contributed by atoms with Crippen molar-refractivity contribution in [3.8, 4) is 0 Å². The first-order valence-electron chi connectivity index (χ1n) is 3.33. The summed E-state index contributed by atoms with van der Waals surface area (Å²) in [6, 6.07) is 0. The molecule has 0 aromatic heterocycles. The summed E-state index contributed by atoms with van der Waals surface area (Å²) in [5.41, 5.74) is 0.424. The van der Waals surface area contributed by atoms with Crippen molar-refractivity contribution < 1.29 is 20.1 Å². The van der Waals surface area contributed by atoms with Crippen LogP contribution in [-0.2, 0) is 4.79 Å².